The van der Waals surface area contributed by atoms with E-state index in [4.69, 9.17) is 9.72 Å². The molecule has 25 heavy (non-hydrogen) atoms. The molecule has 0 aliphatic heterocycles. The highest BCUT2D eigenvalue weighted by Crippen LogP contribution is 2.28. The highest BCUT2D eigenvalue weighted by Gasteiger charge is 2.09. The first-order chi connectivity index (χ1) is 12.3. The Hall–Kier alpha value is -3.13. The lowest BCUT2D eigenvalue weighted by Crippen LogP contribution is -1.97. The molecule has 4 rings (SSSR count). The van der Waals surface area contributed by atoms with E-state index in [0.717, 1.165) is 22.9 Å². The molecule has 0 saturated heterocycles. The molecule has 0 fully saturated rings. The second kappa shape index (κ2) is 6.78. The Morgan fingerprint density at radius 1 is 0.760 bits per heavy atom. The molecule has 3 aromatic carbocycles. The van der Waals surface area contributed by atoms with Gasteiger partial charge in [0, 0.05) is 17.4 Å². The van der Waals surface area contributed by atoms with Crippen LogP contribution in [-0.2, 0) is 6.42 Å². The molecule has 122 valence electrons. The van der Waals surface area contributed by atoms with Crippen LogP contribution in [0.5, 0.6) is 5.88 Å². The van der Waals surface area contributed by atoms with Crippen LogP contribution in [0.1, 0.15) is 11.1 Å². The van der Waals surface area contributed by atoms with Crippen molar-refractivity contribution >= 4 is 10.9 Å². The van der Waals surface area contributed by atoms with E-state index >= 15 is 0 Å². The number of pyridine rings is 1. The monoisotopic (exact) mass is 325 g/mol. The van der Waals surface area contributed by atoms with Crippen LogP contribution in [0.3, 0.4) is 0 Å². The minimum absolute atomic E-state index is 0.698. The summed E-state index contributed by atoms with van der Waals surface area (Å²) in [4.78, 5) is 4.70. The van der Waals surface area contributed by atoms with Gasteiger partial charge >= 0.3 is 0 Å². The summed E-state index contributed by atoms with van der Waals surface area (Å²) in [5.41, 5.74) is 5.72. The molecule has 0 saturated carbocycles. The number of aromatic nitrogens is 1. The molecular weight excluding hydrogens is 306 g/mol. The van der Waals surface area contributed by atoms with Gasteiger partial charge in [-0.15, -0.1) is 0 Å². The summed E-state index contributed by atoms with van der Waals surface area (Å²) in [5.74, 6) is 0.698. The van der Waals surface area contributed by atoms with Gasteiger partial charge in [-0.25, -0.2) is 4.98 Å². The Morgan fingerprint density at radius 3 is 2.20 bits per heavy atom. The number of hydrogen-bond acceptors (Lipinski definition) is 2. The summed E-state index contributed by atoms with van der Waals surface area (Å²) < 4.78 is 5.53. The minimum Gasteiger partial charge on any atom is -0.481 e. The molecular formula is C23H19NO. The Kier molecular flexibility index (Phi) is 4.17. The second-order valence-electron chi connectivity index (χ2n) is 6.09. The van der Waals surface area contributed by atoms with Gasteiger partial charge in [0.15, 0.2) is 0 Å². The first kappa shape index (κ1) is 15.4. The van der Waals surface area contributed by atoms with Crippen LogP contribution >= 0.6 is 0 Å². The summed E-state index contributed by atoms with van der Waals surface area (Å²) in [5, 5.41) is 1.13. The highest BCUT2D eigenvalue weighted by molar-refractivity contribution is 5.85. The van der Waals surface area contributed by atoms with Crippen molar-refractivity contribution in [2.45, 2.75) is 6.42 Å². The van der Waals surface area contributed by atoms with Crippen molar-refractivity contribution in [1.29, 1.82) is 0 Å². The van der Waals surface area contributed by atoms with Gasteiger partial charge in [-0.3, -0.25) is 0 Å². The molecule has 0 amide bonds. The van der Waals surface area contributed by atoms with Gasteiger partial charge < -0.3 is 4.74 Å². The van der Waals surface area contributed by atoms with Crippen molar-refractivity contribution in [2.24, 2.45) is 0 Å². The predicted molar refractivity (Wildman–Crippen MR) is 103 cm³/mol. The molecule has 2 nitrogen and oxygen atoms in total. The fourth-order valence-corrected chi connectivity index (χ4v) is 3.13. The first-order valence-electron chi connectivity index (χ1n) is 8.40. The zero-order valence-corrected chi connectivity index (χ0v) is 14.1. The Labute approximate surface area is 147 Å². The van der Waals surface area contributed by atoms with Gasteiger partial charge in [-0.1, -0.05) is 66.7 Å². The zero-order chi connectivity index (χ0) is 17.1. The molecule has 0 aliphatic rings. The number of ether oxygens (including phenoxy) is 1. The van der Waals surface area contributed by atoms with Crippen molar-refractivity contribution in [3.8, 4) is 17.0 Å². The quantitative estimate of drug-likeness (QED) is 0.494. The van der Waals surface area contributed by atoms with E-state index in [1.165, 1.54) is 16.7 Å². The van der Waals surface area contributed by atoms with Crippen LogP contribution < -0.4 is 4.74 Å². The van der Waals surface area contributed by atoms with E-state index < -0.39 is 0 Å². The van der Waals surface area contributed by atoms with E-state index in [0.29, 0.717) is 5.88 Å². The lowest BCUT2D eigenvalue weighted by atomic mass is 10.0. The van der Waals surface area contributed by atoms with Gasteiger partial charge in [-0.2, -0.15) is 0 Å². The van der Waals surface area contributed by atoms with Crippen molar-refractivity contribution in [1.82, 2.24) is 4.98 Å². The molecule has 1 heterocycles. The zero-order valence-electron chi connectivity index (χ0n) is 14.1. The highest BCUT2D eigenvalue weighted by atomic mass is 16.5. The molecule has 2 heteroatoms. The molecule has 0 aliphatic carbocycles. The molecule has 0 N–H and O–H groups in total. The van der Waals surface area contributed by atoms with Crippen LogP contribution in [0.15, 0.2) is 84.9 Å². The molecule has 0 atom stereocenters. The van der Waals surface area contributed by atoms with Crippen LogP contribution in [0.4, 0.5) is 0 Å². The molecule has 0 spiro atoms. The maximum atomic E-state index is 5.53. The fourth-order valence-electron chi connectivity index (χ4n) is 3.13. The smallest absolute Gasteiger partial charge is 0.217 e. The van der Waals surface area contributed by atoms with Crippen molar-refractivity contribution in [3.63, 3.8) is 0 Å². The Morgan fingerprint density at radius 2 is 1.48 bits per heavy atom. The first-order valence-corrected chi connectivity index (χ1v) is 8.40. The number of rotatable bonds is 4. The summed E-state index contributed by atoms with van der Waals surface area (Å²) in [6, 6.07) is 29.4. The topological polar surface area (TPSA) is 22.1 Å². The lowest BCUT2D eigenvalue weighted by Gasteiger charge is -2.11. The van der Waals surface area contributed by atoms with E-state index in [1.54, 1.807) is 7.11 Å². The number of benzene rings is 3. The Bertz CT molecular complexity index is 994. The van der Waals surface area contributed by atoms with Crippen molar-refractivity contribution in [3.05, 3.63) is 96.1 Å². The largest absolute Gasteiger partial charge is 0.481 e. The summed E-state index contributed by atoms with van der Waals surface area (Å²) >= 11 is 0. The van der Waals surface area contributed by atoms with Crippen LogP contribution in [-0.4, -0.2) is 12.1 Å². The van der Waals surface area contributed by atoms with Gasteiger partial charge in [0.05, 0.1) is 12.6 Å². The maximum Gasteiger partial charge on any atom is 0.217 e. The lowest BCUT2D eigenvalue weighted by molar-refractivity contribution is 0.395. The third-order valence-electron chi connectivity index (χ3n) is 4.39. The Balaban J connectivity index is 1.79. The van der Waals surface area contributed by atoms with Crippen molar-refractivity contribution < 1.29 is 4.74 Å². The number of fused-ring (bicyclic) bond motifs is 1. The third-order valence-corrected chi connectivity index (χ3v) is 4.39. The van der Waals surface area contributed by atoms with E-state index in [-0.39, 0.29) is 0 Å². The summed E-state index contributed by atoms with van der Waals surface area (Å²) in [6.07, 6.45) is 0.808. The summed E-state index contributed by atoms with van der Waals surface area (Å²) in [7, 11) is 1.68. The molecule has 4 aromatic rings. The number of nitrogens with zero attached hydrogens (tertiary/aromatic N) is 1. The standard InChI is InChI=1S/C23H19NO/c1-25-23-21(14-17-8-4-2-5-9-17)16-20-15-19(12-13-22(20)24-23)18-10-6-3-7-11-18/h2-13,15-16H,14H2,1H3. The normalized spacial score (nSPS) is 10.8. The third kappa shape index (κ3) is 3.24. The van der Waals surface area contributed by atoms with Crippen LogP contribution in [0.25, 0.3) is 22.0 Å². The average Bonchev–Trinajstić information content (AvgIpc) is 2.68. The summed E-state index contributed by atoms with van der Waals surface area (Å²) in [6.45, 7) is 0. The number of methoxy groups -OCH3 is 1. The van der Waals surface area contributed by atoms with Crippen LogP contribution in [0, 0.1) is 0 Å². The molecule has 0 radical (unpaired) electrons. The number of hydrogen-bond donors (Lipinski definition) is 0. The maximum absolute atomic E-state index is 5.53. The van der Waals surface area contributed by atoms with E-state index in [1.807, 2.05) is 12.1 Å². The fraction of sp³-hybridized carbons (Fsp3) is 0.0870. The average molecular weight is 325 g/mol. The van der Waals surface area contributed by atoms with Crippen LogP contribution in [0.2, 0.25) is 0 Å². The van der Waals surface area contributed by atoms with Gasteiger partial charge in [0.1, 0.15) is 0 Å². The molecule has 0 unspecified atom stereocenters. The van der Waals surface area contributed by atoms with E-state index in [9.17, 15) is 0 Å². The van der Waals surface area contributed by atoms with Gasteiger partial charge in [-0.05, 0) is 34.9 Å². The minimum atomic E-state index is 0.698. The molecule has 0 bridgehead atoms. The van der Waals surface area contributed by atoms with Gasteiger partial charge in [0.25, 0.3) is 0 Å². The van der Waals surface area contributed by atoms with Gasteiger partial charge in [0.2, 0.25) is 5.88 Å². The SMILES string of the molecule is COc1nc2ccc(-c3ccccc3)cc2cc1Cc1ccccc1. The predicted octanol–water partition coefficient (Wildman–Crippen LogP) is 5.50. The van der Waals surface area contributed by atoms with E-state index in [2.05, 4.69) is 72.8 Å². The molecule has 1 aromatic heterocycles. The second-order valence-corrected chi connectivity index (χ2v) is 6.09. The van der Waals surface area contributed by atoms with Crippen molar-refractivity contribution in [2.75, 3.05) is 7.11 Å².